The molecule has 1 aromatic carbocycles. The van der Waals surface area contributed by atoms with Gasteiger partial charge in [0.1, 0.15) is 16.1 Å². The van der Waals surface area contributed by atoms with Crippen LogP contribution >= 0.6 is 48.6 Å². The molecule has 5 aromatic heterocycles. The summed E-state index contributed by atoms with van der Waals surface area (Å²) in [6.07, 6.45) is 6.74. The number of allylic oxidation sites excluding steroid dienone is 2. The number of pyridine rings is 1. The Hall–Kier alpha value is -5.16. The number of nitrogens with two attached hydrogens (primary N) is 1. The lowest BCUT2D eigenvalue weighted by Gasteiger charge is -2.11. The molecule has 6 aromatic rings. The molecule has 0 aliphatic carbocycles. The molecule has 0 unspecified atom stereocenters. The van der Waals surface area contributed by atoms with Gasteiger partial charge in [-0.1, -0.05) is 12.2 Å². The minimum atomic E-state index is -0.586. The van der Waals surface area contributed by atoms with Crippen molar-refractivity contribution in [3.05, 3.63) is 86.8 Å². The average molecular weight is 789 g/mol. The van der Waals surface area contributed by atoms with E-state index in [0.717, 1.165) is 10.6 Å². The molecule has 3 amide bonds. The number of Topliss-reactive ketones (excluding diaryl/α,β-unsaturated/α-hetero) is 1. The Morgan fingerprint density at radius 3 is 2.10 bits per heavy atom. The molecule has 52 heavy (non-hydrogen) atoms. The summed E-state index contributed by atoms with van der Waals surface area (Å²) in [6, 6.07) is 6.63. The molecule has 0 bridgehead atoms. The van der Waals surface area contributed by atoms with Crippen molar-refractivity contribution in [2.24, 2.45) is 5.73 Å². The molecule has 0 aliphatic heterocycles. The van der Waals surface area contributed by atoms with Gasteiger partial charge in [0.2, 0.25) is 17.8 Å². The highest BCUT2D eigenvalue weighted by Crippen LogP contribution is 2.26. The number of carbonyl (C=O) groups is 4. The summed E-state index contributed by atoms with van der Waals surface area (Å²) >= 11 is 1.26. The maximum Gasteiger partial charge on any atom is 0.276 e. The normalized spacial score (nSPS) is 10.9. The van der Waals surface area contributed by atoms with Crippen LogP contribution in [0.3, 0.4) is 0 Å². The second kappa shape index (κ2) is 16.9. The molecule has 0 radical (unpaired) electrons. The number of benzene rings is 1. The zero-order valence-electron chi connectivity index (χ0n) is 28.7. The molecule has 15 nitrogen and oxygen atoms in total. The number of aryl methyl sites for hydroxylation is 4. The third-order valence-electron chi connectivity index (χ3n) is 7.78. The van der Waals surface area contributed by atoms with Crippen molar-refractivity contribution in [2.75, 3.05) is 10.6 Å². The highest BCUT2D eigenvalue weighted by Gasteiger charge is 2.21. The highest BCUT2D eigenvalue weighted by atomic mass is 35.5. The van der Waals surface area contributed by atoms with Gasteiger partial charge in [0.15, 0.2) is 11.4 Å². The Kier molecular flexibility index (Phi) is 13.4. The lowest BCUT2D eigenvalue weighted by Crippen LogP contribution is -2.20. The predicted molar refractivity (Wildman–Crippen MR) is 207 cm³/mol. The molecule has 4 N–H and O–H groups in total. The standard InChI is InChI=1S/C33H33N11O4S.3ClH/c1-6-44-25(12-18(3)41-44)30(47)39-32-37-23-13-21(28(34)46)11-17(2)27(23)42(32)9-7-8-10-43-29-24(14-22(15-36-29)19(4)45)38-33(43)40-31(48)26-16-35-20(5)49-26;;;/h7-8,11-16H,6,9-10H2,1-5H3,(H2,34,46)(H,37,39,47)(H,38,40,48);3*1H/b8-7+;;;. The van der Waals surface area contributed by atoms with Crippen LogP contribution in [0, 0.1) is 20.8 Å². The van der Waals surface area contributed by atoms with Gasteiger partial charge in [-0.15, -0.1) is 48.6 Å². The molecule has 0 aliphatic rings. The number of aromatic nitrogens is 8. The number of thiazole rings is 1. The second-order valence-corrected chi connectivity index (χ2v) is 12.6. The first kappa shape index (κ1) is 41.3. The number of hydrogen-bond donors (Lipinski definition) is 3. The molecular formula is C33H36Cl3N11O4S. The van der Waals surface area contributed by atoms with Gasteiger partial charge >= 0.3 is 0 Å². The van der Waals surface area contributed by atoms with E-state index in [1.807, 2.05) is 44.4 Å². The van der Waals surface area contributed by atoms with E-state index in [1.54, 1.807) is 33.5 Å². The number of primary amides is 1. The van der Waals surface area contributed by atoms with Crippen molar-refractivity contribution < 1.29 is 19.2 Å². The molecule has 0 spiro atoms. The van der Waals surface area contributed by atoms with Gasteiger partial charge in [-0.2, -0.15) is 5.10 Å². The van der Waals surface area contributed by atoms with E-state index in [1.165, 1.54) is 30.7 Å². The number of halogens is 3. The van der Waals surface area contributed by atoms with Crippen molar-refractivity contribution in [3.63, 3.8) is 0 Å². The quantitative estimate of drug-likeness (QED) is 0.109. The van der Waals surface area contributed by atoms with Gasteiger partial charge in [-0.3, -0.25) is 39.1 Å². The topological polar surface area (TPSA) is 198 Å². The van der Waals surface area contributed by atoms with E-state index in [-0.39, 0.29) is 79.8 Å². The number of nitrogens with one attached hydrogen (secondary N) is 2. The zero-order chi connectivity index (χ0) is 35.0. The fraction of sp³-hybridized carbons (Fsp3) is 0.242. The van der Waals surface area contributed by atoms with Crippen molar-refractivity contribution in [1.82, 2.24) is 38.9 Å². The van der Waals surface area contributed by atoms with E-state index in [0.29, 0.717) is 56.1 Å². The van der Waals surface area contributed by atoms with Crippen molar-refractivity contribution in [3.8, 4) is 0 Å². The molecule has 0 atom stereocenters. The van der Waals surface area contributed by atoms with E-state index >= 15 is 0 Å². The SMILES string of the molecule is CCn1nc(C)cc1C(=O)Nc1nc2cc(C(N)=O)cc(C)c2n1C/C=C/Cn1c(NC(=O)c2cnc(C)s2)nc2cc(C(C)=O)cnc21.Cl.Cl.Cl. The van der Waals surface area contributed by atoms with E-state index in [4.69, 9.17) is 5.73 Å². The number of rotatable bonds is 11. The summed E-state index contributed by atoms with van der Waals surface area (Å²) in [4.78, 5) is 68.8. The Bertz CT molecular complexity index is 2340. The Morgan fingerprint density at radius 2 is 1.46 bits per heavy atom. The summed E-state index contributed by atoms with van der Waals surface area (Å²) < 4.78 is 5.18. The van der Waals surface area contributed by atoms with E-state index in [2.05, 4.69) is 35.7 Å². The first-order valence-electron chi connectivity index (χ1n) is 15.4. The van der Waals surface area contributed by atoms with Crippen LogP contribution in [0.15, 0.2) is 48.8 Å². The Balaban J connectivity index is 0.00000243. The monoisotopic (exact) mass is 787 g/mol. The molecule has 19 heteroatoms. The Labute approximate surface area is 320 Å². The van der Waals surface area contributed by atoms with Crippen LogP contribution in [0.2, 0.25) is 0 Å². The molecule has 6 rings (SSSR count). The smallest absolute Gasteiger partial charge is 0.276 e. The summed E-state index contributed by atoms with van der Waals surface area (Å²) in [5.41, 5.74) is 10.3. The van der Waals surface area contributed by atoms with E-state index < -0.39 is 5.91 Å². The summed E-state index contributed by atoms with van der Waals surface area (Å²) in [6.45, 7) is 9.87. The first-order valence-corrected chi connectivity index (χ1v) is 16.2. The zero-order valence-corrected chi connectivity index (χ0v) is 31.9. The first-order chi connectivity index (χ1) is 23.4. The molecule has 0 fully saturated rings. The number of fused-ring (bicyclic) bond motifs is 2. The van der Waals surface area contributed by atoms with Crippen molar-refractivity contribution >= 4 is 106 Å². The van der Waals surface area contributed by atoms with Crippen LogP contribution in [-0.2, 0) is 19.6 Å². The number of amides is 3. The molecule has 0 saturated carbocycles. The maximum absolute atomic E-state index is 13.4. The van der Waals surface area contributed by atoms with Gasteiger partial charge in [0, 0.05) is 37.0 Å². The van der Waals surface area contributed by atoms with Gasteiger partial charge in [-0.05, 0) is 64.4 Å². The number of anilines is 2. The van der Waals surface area contributed by atoms with Crippen LogP contribution in [0.25, 0.3) is 22.2 Å². The van der Waals surface area contributed by atoms with Crippen LogP contribution in [0.1, 0.15) is 71.0 Å². The van der Waals surface area contributed by atoms with Crippen LogP contribution in [0.5, 0.6) is 0 Å². The maximum atomic E-state index is 13.4. The molecule has 5 heterocycles. The van der Waals surface area contributed by atoms with Crippen molar-refractivity contribution in [2.45, 2.75) is 54.3 Å². The average Bonchev–Trinajstić information content (AvgIpc) is 3.83. The predicted octanol–water partition coefficient (Wildman–Crippen LogP) is 5.71. The third-order valence-corrected chi connectivity index (χ3v) is 8.69. The minimum absolute atomic E-state index is 0. The number of nitrogens with zero attached hydrogens (tertiary/aromatic N) is 8. The second-order valence-electron chi connectivity index (χ2n) is 11.3. The summed E-state index contributed by atoms with van der Waals surface area (Å²) in [5.74, 6) is -0.963. The number of ketones is 1. The van der Waals surface area contributed by atoms with Crippen LogP contribution < -0.4 is 16.4 Å². The molecule has 0 saturated heterocycles. The van der Waals surface area contributed by atoms with Gasteiger partial charge in [0.25, 0.3) is 11.8 Å². The summed E-state index contributed by atoms with van der Waals surface area (Å²) in [7, 11) is 0. The van der Waals surface area contributed by atoms with E-state index in [9.17, 15) is 19.2 Å². The van der Waals surface area contributed by atoms with Crippen LogP contribution in [-0.4, -0.2) is 62.4 Å². The minimum Gasteiger partial charge on any atom is -0.366 e. The highest BCUT2D eigenvalue weighted by molar-refractivity contribution is 7.13. The number of hydrogen-bond acceptors (Lipinski definition) is 10. The molecule has 274 valence electrons. The fourth-order valence-corrected chi connectivity index (χ4v) is 6.16. The van der Waals surface area contributed by atoms with Crippen LogP contribution in [0.4, 0.5) is 11.9 Å². The van der Waals surface area contributed by atoms with Gasteiger partial charge < -0.3 is 10.3 Å². The van der Waals surface area contributed by atoms with Crippen molar-refractivity contribution in [1.29, 1.82) is 0 Å². The number of imidazole rings is 2. The fourth-order valence-electron chi connectivity index (χ4n) is 5.49. The lowest BCUT2D eigenvalue weighted by molar-refractivity contribution is 0.0994. The lowest BCUT2D eigenvalue weighted by atomic mass is 10.1. The Morgan fingerprint density at radius 1 is 0.827 bits per heavy atom. The summed E-state index contributed by atoms with van der Waals surface area (Å²) in [5, 5.41) is 10.9. The largest absolute Gasteiger partial charge is 0.366 e. The molecular weight excluding hydrogens is 753 g/mol. The van der Waals surface area contributed by atoms with Gasteiger partial charge in [-0.25, -0.2) is 19.9 Å². The number of carbonyl (C=O) groups excluding carboxylic acids is 4. The van der Waals surface area contributed by atoms with Gasteiger partial charge in [0.05, 0.1) is 27.9 Å². The third kappa shape index (κ3) is 8.31.